The number of ether oxygens (including phenoxy) is 3. The second-order valence-corrected chi connectivity index (χ2v) is 8.99. The molecular formula is C25H24N4O5S. The van der Waals surface area contributed by atoms with E-state index in [0.29, 0.717) is 63.5 Å². The molecule has 1 aliphatic heterocycles. The predicted molar refractivity (Wildman–Crippen MR) is 132 cm³/mol. The van der Waals surface area contributed by atoms with E-state index in [9.17, 15) is 9.59 Å². The lowest BCUT2D eigenvalue weighted by molar-refractivity contribution is 0.112. The number of hydrogen-bond donors (Lipinski definition) is 0. The molecule has 2 aromatic heterocycles. The zero-order chi connectivity index (χ0) is 24.5. The summed E-state index contributed by atoms with van der Waals surface area (Å²) in [6, 6.07) is 10.9. The zero-order valence-corrected chi connectivity index (χ0v) is 20.4. The molecule has 3 heterocycles. The molecule has 0 N–H and O–H groups in total. The number of rotatable bonds is 8. The van der Waals surface area contributed by atoms with Gasteiger partial charge in [-0.3, -0.25) is 18.8 Å². The van der Waals surface area contributed by atoms with Crippen molar-refractivity contribution in [2.24, 2.45) is 0 Å². The highest BCUT2D eigenvalue weighted by Crippen LogP contribution is 2.33. The SMILES string of the molecule is CCn1nc(C)c2nc(SCc3cc(C=O)ccc3OC)n(Cc3ccc4c(c3)OCO4)c(=O)c21. The van der Waals surface area contributed by atoms with Crippen LogP contribution in [0.3, 0.4) is 0 Å². The number of aldehydes is 1. The first-order chi connectivity index (χ1) is 17.0. The summed E-state index contributed by atoms with van der Waals surface area (Å²) in [5.74, 6) is 2.48. The van der Waals surface area contributed by atoms with E-state index in [0.717, 1.165) is 17.4 Å². The summed E-state index contributed by atoms with van der Waals surface area (Å²) >= 11 is 1.41. The maximum absolute atomic E-state index is 13.7. The Bertz CT molecular complexity index is 1490. The van der Waals surface area contributed by atoms with Crippen LogP contribution in [0.1, 0.15) is 34.1 Å². The van der Waals surface area contributed by atoms with Crippen molar-refractivity contribution < 1.29 is 19.0 Å². The molecular weight excluding hydrogens is 468 g/mol. The van der Waals surface area contributed by atoms with E-state index in [1.54, 1.807) is 34.6 Å². The Morgan fingerprint density at radius 2 is 2.00 bits per heavy atom. The summed E-state index contributed by atoms with van der Waals surface area (Å²) in [6.07, 6.45) is 0.802. The van der Waals surface area contributed by atoms with E-state index in [1.807, 2.05) is 32.0 Å². The van der Waals surface area contributed by atoms with Crippen LogP contribution in [-0.4, -0.2) is 39.5 Å². The Morgan fingerprint density at radius 1 is 1.17 bits per heavy atom. The molecule has 0 atom stereocenters. The van der Waals surface area contributed by atoms with Gasteiger partial charge in [0.05, 0.1) is 19.3 Å². The second-order valence-electron chi connectivity index (χ2n) is 8.05. The van der Waals surface area contributed by atoms with Crippen molar-refractivity contribution in [2.45, 2.75) is 37.8 Å². The van der Waals surface area contributed by atoms with Gasteiger partial charge in [0.15, 0.2) is 22.2 Å². The third-order valence-corrected chi connectivity index (χ3v) is 6.88. The second kappa shape index (κ2) is 9.46. The van der Waals surface area contributed by atoms with Crippen molar-refractivity contribution in [1.82, 2.24) is 19.3 Å². The van der Waals surface area contributed by atoms with Gasteiger partial charge in [0.25, 0.3) is 5.56 Å². The van der Waals surface area contributed by atoms with Crippen LogP contribution in [0.4, 0.5) is 0 Å². The Balaban J connectivity index is 1.58. The molecule has 35 heavy (non-hydrogen) atoms. The van der Waals surface area contributed by atoms with Crippen LogP contribution in [0, 0.1) is 6.92 Å². The Morgan fingerprint density at radius 3 is 2.77 bits per heavy atom. The average Bonchev–Trinajstić information content (AvgIpc) is 3.48. The van der Waals surface area contributed by atoms with Crippen LogP contribution in [0.25, 0.3) is 11.0 Å². The van der Waals surface area contributed by atoms with Gasteiger partial charge >= 0.3 is 0 Å². The lowest BCUT2D eigenvalue weighted by atomic mass is 10.1. The molecule has 5 rings (SSSR count). The van der Waals surface area contributed by atoms with E-state index in [1.165, 1.54) is 11.8 Å². The van der Waals surface area contributed by atoms with Crippen molar-refractivity contribution in [1.29, 1.82) is 0 Å². The van der Waals surface area contributed by atoms with Crippen LogP contribution < -0.4 is 19.8 Å². The Labute approximate surface area is 205 Å². The highest BCUT2D eigenvalue weighted by Gasteiger charge is 2.20. The fourth-order valence-corrected chi connectivity index (χ4v) is 5.08. The van der Waals surface area contributed by atoms with Crippen molar-refractivity contribution in [3.8, 4) is 17.2 Å². The molecule has 0 spiro atoms. The van der Waals surface area contributed by atoms with E-state index in [2.05, 4.69) is 5.10 Å². The number of aryl methyl sites for hydroxylation is 2. The first-order valence-corrected chi connectivity index (χ1v) is 12.1. The van der Waals surface area contributed by atoms with Crippen LogP contribution >= 0.6 is 11.8 Å². The molecule has 0 bridgehead atoms. The quantitative estimate of drug-likeness (QED) is 0.208. The minimum absolute atomic E-state index is 0.161. The van der Waals surface area contributed by atoms with Gasteiger partial charge in [-0.25, -0.2) is 4.98 Å². The summed E-state index contributed by atoms with van der Waals surface area (Å²) in [6.45, 7) is 4.86. The van der Waals surface area contributed by atoms with E-state index in [-0.39, 0.29) is 12.4 Å². The van der Waals surface area contributed by atoms with Crippen molar-refractivity contribution >= 4 is 29.1 Å². The van der Waals surface area contributed by atoms with Crippen molar-refractivity contribution in [3.05, 3.63) is 69.1 Å². The maximum atomic E-state index is 13.7. The molecule has 0 saturated heterocycles. The highest BCUT2D eigenvalue weighted by molar-refractivity contribution is 7.98. The third kappa shape index (κ3) is 4.25. The van der Waals surface area contributed by atoms with Gasteiger partial charge in [-0.2, -0.15) is 5.10 Å². The fourth-order valence-electron chi connectivity index (χ4n) is 4.12. The number of hydrogen-bond acceptors (Lipinski definition) is 8. The van der Waals surface area contributed by atoms with Crippen LogP contribution in [0.5, 0.6) is 17.2 Å². The standard InChI is InChI=1S/C25H24N4O5S/c1-4-29-23-22(15(2)27-29)26-25(35-13-18-9-17(12-30)6-7-19(18)32-3)28(24(23)31)11-16-5-8-20-21(10-16)34-14-33-20/h5-10,12H,4,11,13-14H2,1-3H3. The summed E-state index contributed by atoms with van der Waals surface area (Å²) < 4.78 is 19.8. The molecule has 10 heteroatoms. The third-order valence-electron chi connectivity index (χ3n) is 5.86. The van der Waals surface area contributed by atoms with Gasteiger partial charge in [0.1, 0.15) is 17.6 Å². The summed E-state index contributed by atoms with van der Waals surface area (Å²) in [4.78, 5) is 29.9. The normalized spacial score (nSPS) is 12.3. The molecule has 2 aromatic carbocycles. The molecule has 0 unspecified atom stereocenters. The van der Waals surface area contributed by atoms with Crippen molar-refractivity contribution in [3.63, 3.8) is 0 Å². The molecule has 9 nitrogen and oxygen atoms in total. The lowest BCUT2D eigenvalue weighted by Crippen LogP contribution is -2.25. The molecule has 4 aromatic rings. The fraction of sp³-hybridized carbons (Fsp3) is 0.280. The zero-order valence-electron chi connectivity index (χ0n) is 19.6. The average molecular weight is 493 g/mol. The molecule has 1 aliphatic rings. The van der Waals surface area contributed by atoms with Gasteiger partial charge < -0.3 is 14.2 Å². The van der Waals surface area contributed by atoms with Gasteiger partial charge in [-0.15, -0.1) is 0 Å². The number of thioether (sulfide) groups is 1. The number of benzene rings is 2. The van der Waals surface area contributed by atoms with Crippen molar-refractivity contribution in [2.75, 3.05) is 13.9 Å². The Hall–Kier alpha value is -3.79. The van der Waals surface area contributed by atoms with E-state index < -0.39 is 0 Å². The first-order valence-electron chi connectivity index (χ1n) is 11.1. The first kappa shape index (κ1) is 23.0. The number of fused-ring (bicyclic) bond motifs is 2. The summed E-state index contributed by atoms with van der Waals surface area (Å²) in [5, 5.41) is 5.06. The predicted octanol–water partition coefficient (Wildman–Crippen LogP) is 3.81. The minimum atomic E-state index is -0.161. The molecule has 0 fully saturated rings. The summed E-state index contributed by atoms with van der Waals surface area (Å²) in [5.41, 5.74) is 3.90. The monoisotopic (exact) mass is 492 g/mol. The lowest BCUT2D eigenvalue weighted by Gasteiger charge is -2.14. The number of methoxy groups -OCH3 is 1. The van der Waals surface area contributed by atoms with Gasteiger partial charge in [-0.05, 0) is 49.7 Å². The number of nitrogens with zero attached hydrogens (tertiary/aromatic N) is 4. The molecule has 0 radical (unpaired) electrons. The van der Waals surface area contributed by atoms with Crippen LogP contribution in [0.15, 0.2) is 46.3 Å². The highest BCUT2D eigenvalue weighted by atomic mass is 32.2. The van der Waals surface area contributed by atoms with Gasteiger partial charge in [0.2, 0.25) is 6.79 Å². The van der Waals surface area contributed by atoms with Crippen LogP contribution in [0.2, 0.25) is 0 Å². The van der Waals surface area contributed by atoms with Gasteiger partial charge in [0, 0.05) is 23.4 Å². The van der Waals surface area contributed by atoms with Gasteiger partial charge in [-0.1, -0.05) is 17.8 Å². The Kier molecular flexibility index (Phi) is 6.21. The largest absolute Gasteiger partial charge is 0.496 e. The molecule has 180 valence electrons. The van der Waals surface area contributed by atoms with Crippen LogP contribution in [-0.2, 0) is 18.8 Å². The number of carbonyl (C=O) groups excluding carboxylic acids is 1. The summed E-state index contributed by atoms with van der Waals surface area (Å²) in [7, 11) is 1.59. The number of aromatic nitrogens is 4. The molecule has 0 aliphatic carbocycles. The smallest absolute Gasteiger partial charge is 0.280 e. The van der Waals surface area contributed by atoms with E-state index >= 15 is 0 Å². The minimum Gasteiger partial charge on any atom is -0.496 e. The van der Waals surface area contributed by atoms with E-state index in [4.69, 9.17) is 19.2 Å². The topological polar surface area (TPSA) is 97.5 Å². The number of carbonyl (C=O) groups is 1. The molecule has 0 amide bonds. The maximum Gasteiger partial charge on any atom is 0.280 e. The molecule has 0 saturated carbocycles.